The third kappa shape index (κ3) is 3.14. The Morgan fingerprint density at radius 1 is 1.47 bits per heavy atom. The molecule has 0 aliphatic rings. The maximum atomic E-state index is 13.7. The van der Waals surface area contributed by atoms with E-state index in [1.54, 1.807) is 13.1 Å². The average Bonchev–Trinajstić information content (AvgIpc) is 2.77. The van der Waals surface area contributed by atoms with Crippen molar-refractivity contribution < 1.29 is 13.7 Å². The van der Waals surface area contributed by atoms with Crippen LogP contribution in [0.2, 0.25) is 0 Å². The number of aryl methyl sites for hydroxylation is 1. The summed E-state index contributed by atoms with van der Waals surface area (Å²) in [6.45, 7) is 2.27. The van der Waals surface area contributed by atoms with Gasteiger partial charge in [0.05, 0.1) is 17.7 Å². The van der Waals surface area contributed by atoms with Crippen molar-refractivity contribution in [1.82, 2.24) is 10.3 Å². The fourth-order valence-corrected chi connectivity index (χ4v) is 1.63. The number of aromatic nitrogens is 1. The number of benzene rings is 1. The van der Waals surface area contributed by atoms with Crippen LogP contribution in [0.5, 0.6) is 0 Å². The predicted octanol–water partition coefficient (Wildman–Crippen LogP) is 2.32. The highest BCUT2D eigenvalue weighted by Crippen LogP contribution is 2.19. The fourth-order valence-electron chi connectivity index (χ4n) is 1.63. The molecule has 0 radical (unpaired) electrons. The molecular formula is C12H12FN3O3. The van der Waals surface area contributed by atoms with Gasteiger partial charge in [0.2, 0.25) is 11.7 Å². The Kier molecular flexibility index (Phi) is 3.86. The number of nitro benzene ring substituents is 1. The van der Waals surface area contributed by atoms with Crippen molar-refractivity contribution in [2.24, 2.45) is 0 Å². The van der Waals surface area contributed by atoms with E-state index in [1.165, 1.54) is 12.1 Å². The van der Waals surface area contributed by atoms with Crippen LogP contribution in [0.25, 0.3) is 0 Å². The summed E-state index contributed by atoms with van der Waals surface area (Å²) < 4.78 is 19.0. The molecule has 0 aliphatic heterocycles. The molecule has 1 heterocycles. The molecule has 2 rings (SSSR count). The second kappa shape index (κ2) is 5.57. The lowest BCUT2D eigenvalue weighted by Gasteiger charge is -2.04. The van der Waals surface area contributed by atoms with Gasteiger partial charge in [0.1, 0.15) is 5.76 Å². The monoisotopic (exact) mass is 265 g/mol. The zero-order valence-electron chi connectivity index (χ0n) is 10.2. The van der Waals surface area contributed by atoms with Crippen molar-refractivity contribution in [1.29, 1.82) is 0 Å². The molecule has 0 unspecified atom stereocenters. The number of rotatable bonds is 5. The van der Waals surface area contributed by atoms with Crippen LogP contribution >= 0.6 is 0 Å². The van der Waals surface area contributed by atoms with Gasteiger partial charge in [-0.3, -0.25) is 10.1 Å². The Labute approximate surface area is 108 Å². The molecule has 0 bridgehead atoms. The first kappa shape index (κ1) is 13.2. The van der Waals surface area contributed by atoms with E-state index in [0.717, 1.165) is 6.07 Å². The van der Waals surface area contributed by atoms with Crippen molar-refractivity contribution in [3.63, 3.8) is 0 Å². The standard InChI is InChI=1S/C12H12FN3O3/c1-8-5-15-11(19-8)7-14-6-9-3-2-4-10(12(9)13)16(17)18/h2-5,14H,6-7H2,1H3. The number of halogens is 1. The number of hydrogen-bond donors (Lipinski definition) is 1. The van der Waals surface area contributed by atoms with Crippen molar-refractivity contribution >= 4 is 5.69 Å². The van der Waals surface area contributed by atoms with E-state index >= 15 is 0 Å². The molecular weight excluding hydrogens is 253 g/mol. The van der Waals surface area contributed by atoms with E-state index < -0.39 is 16.4 Å². The number of hydrogen-bond acceptors (Lipinski definition) is 5. The number of nitrogens with zero attached hydrogens (tertiary/aromatic N) is 2. The lowest BCUT2D eigenvalue weighted by molar-refractivity contribution is -0.387. The third-order valence-electron chi connectivity index (χ3n) is 2.52. The molecule has 100 valence electrons. The van der Waals surface area contributed by atoms with Gasteiger partial charge in [-0.2, -0.15) is 4.39 Å². The summed E-state index contributed by atoms with van der Waals surface area (Å²) in [5.74, 6) is 0.366. The lowest BCUT2D eigenvalue weighted by atomic mass is 10.2. The van der Waals surface area contributed by atoms with Crippen molar-refractivity contribution in [3.05, 3.63) is 57.5 Å². The summed E-state index contributed by atoms with van der Waals surface area (Å²) in [5.41, 5.74) is -0.288. The second-order valence-electron chi connectivity index (χ2n) is 3.98. The van der Waals surface area contributed by atoms with Gasteiger partial charge in [0.15, 0.2) is 0 Å². The van der Waals surface area contributed by atoms with E-state index in [9.17, 15) is 14.5 Å². The topological polar surface area (TPSA) is 81.2 Å². The summed E-state index contributed by atoms with van der Waals surface area (Å²) >= 11 is 0. The van der Waals surface area contributed by atoms with Gasteiger partial charge < -0.3 is 9.73 Å². The van der Waals surface area contributed by atoms with Gasteiger partial charge >= 0.3 is 5.69 Å². The molecule has 1 aromatic heterocycles. The molecule has 0 fully saturated rings. The number of oxazole rings is 1. The largest absolute Gasteiger partial charge is 0.445 e. The SMILES string of the molecule is Cc1cnc(CNCc2cccc([N+](=O)[O-])c2F)o1. The van der Waals surface area contributed by atoms with Crippen molar-refractivity contribution in [2.45, 2.75) is 20.0 Å². The summed E-state index contributed by atoms with van der Waals surface area (Å²) in [4.78, 5) is 13.8. The van der Waals surface area contributed by atoms with E-state index in [4.69, 9.17) is 4.42 Å². The van der Waals surface area contributed by atoms with E-state index in [2.05, 4.69) is 10.3 Å². The van der Waals surface area contributed by atoms with Crippen LogP contribution in [0.3, 0.4) is 0 Å². The third-order valence-corrected chi connectivity index (χ3v) is 2.52. The minimum Gasteiger partial charge on any atom is -0.445 e. The zero-order chi connectivity index (χ0) is 13.8. The first-order valence-corrected chi connectivity index (χ1v) is 5.61. The number of nitro groups is 1. The molecule has 0 atom stereocenters. The minimum absolute atomic E-state index is 0.162. The Hall–Kier alpha value is -2.28. The first-order chi connectivity index (χ1) is 9.08. The average molecular weight is 265 g/mol. The predicted molar refractivity (Wildman–Crippen MR) is 64.8 cm³/mol. The van der Waals surface area contributed by atoms with Gasteiger partial charge in [-0.25, -0.2) is 4.98 Å². The van der Waals surface area contributed by atoms with Crippen molar-refractivity contribution in [3.8, 4) is 0 Å². The number of nitrogens with one attached hydrogen (secondary N) is 1. The van der Waals surface area contributed by atoms with Crippen LogP contribution in [0.1, 0.15) is 17.2 Å². The molecule has 2 aromatic rings. The highest BCUT2D eigenvalue weighted by molar-refractivity contribution is 5.36. The second-order valence-corrected chi connectivity index (χ2v) is 3.98. The van der Waals surface area contributed by atoms with Crippen LogP contribution in [0.15, 0.2) is 28.8 Å². The highest BCUT2D eigenvalue weighted by atomic mass is 19.1. The molecule has 0 spiro atoms. The van der Waals surface area contributed by atoms with E-state index in [1.807, 2.05) is 0 Å². The molecule has 1 aromatic carbocycles. The summed E-state index contributed by atoms with van der Waals surface area (Å²) in [5, 5.41) is 13.5. The van der Waals surface area contributed by atoms with Gasteiger partial charge in [-0.05, 0) is 6.92 Å². The molecule has 7 heteroatoms. The quantitative estimate of drug-likeness (QED) is 0.662. The zero-order valence-corrected chi connectivity index (χ0v) is 10.2. The van der Waals surface area contributed by atoms with Crippen LogP contribution in [0, 0.1) is 22.9 Å². The summed E-state index contributed by atoms with van der Waals surface area (Å²) in [7, 11) is 0. The molecule has 0 saturated heterocycles. The lowest BCUT2D eigenvalue weighted by Crippen LogP contribution is -2.14. The van der Waals surface area contributed by atoms with E-state index in [0.29, 0.717) is 18.2 Å². The highest BCUT2D eigenvalue weighted by Gasteiger charge is 2.16. The molecule has 6 nitrogen and oxygen atoms in total. The Morgan fingerprint density at radius 3 is 2.89 bits per heavy atom. The van der Waals surface area contributed by atoms with Gasteiger partial charge in [-0.15, -0.1) is 0 Å². The maximum Gasteiger partial charge on any atom is 0.305 e. The molecule has 1 N–H and O–H groups in total. The Bertz CT molecular complexity index is 598. The van der Waals surface area contributed by atoms with Gasteiger partial charge in [0, 0.05) is 18.2 Å². The van der Waals surface area contributed by atoms with Crippen LogP contribution in [-0.2, 0) is 13.1 Å². The summed E-state index contributed by atoms with van der Waals surface area (Å²) in [6.07, 6.45) is 1.59. The molecule has 0 saturated carbocycles. The Morgan fingerprint density at radius 2 is 2.26 bits per heavy atom. The van der Waals surface area contributed by atoms with Crippen LogP contribution in [-0.4, -0.2) is 9.91 Å². The Balaban J connectivity index is 2.00. The van der Waals surface area contributed by atoms with E-state index in [-0.39, 0.29) is 12.1 Å². The molecule has 19 heavy (non-hydrogen) atoms. The molecule has 0 amide bonds. The van der Waals surface area contributed by atoms with Crippen LogP contribution < -0.4 is 5.32 Å². The minimum atomic E-state index is -0.816. The van der Waals surface area contributed by atoms with Crippen molar-refractivity contribution in [2.75, 3.05) is 0 Å². The van der Waals surface area contributed by atoms with Gasteiger partial charge in [0.25, 0.3) is 0 Å². The van der Waals surface area contributed by atoms with Crippen LogP contribution in [0.4, 0.5) is 10.1 Å². The fraction of sp³-hybridized carbons (Fsp3) is 0.250. The first-order valence-electron chi connectivity index (χ1n) is 5.61. The normalized spacial score (nSPS) is 10.6. The molecule has 0 aliphatic carbocycles. The smallest absolute Gasteiger partial charge is 0.305 e. The van der Waals surface area contributed by atoms with Gasteiger partial charge in [-0.1, -0.05) is 12.1 Å². The maximum absolute atomic E-state index is 13.7. The summed E-state index contributed by atoms with van der Waals surface area (Å²) in [6, 6.07) is 4.08.